The Kier molecular flexibility index (Phi) is 4.41. The first-order chi connectivity index (χ1) is 9.31. The topological polar surface area (TPSA) is 15.3 Å². The molecule has 1 aliphatic carbocycles. The molecule has 0 unspecified atom stereocenters. The third kappa shape index (κ3) is 3.94. The summed E-state index contributed by atoms with van der Waals surface area (Å²) < 4.78 is 14.0. The lowest BCUT2D eigenvalue weighted by atomic mass is 10.1. The van der Waals surface area contributed by atoms with Gasteiger partial charge in [-0.3, -0.25) is 0 Å². The second kappa shape index (κ2) is 6.25. The van der Waals surface area contributed by atoms with E-state index in [0.29, 0.717) is 5.25 Å². The molecule has 19 heavy (non-hydrogen) atoms. The van der Waals surface area contributed by atoms with E-state index in [4.69, 9.17) is 0 Å². The monoisotopic (exact) mass is 280 g/mol. The minimum absolute atomic E-state index is 0.0327. The Labute approximate surface area is 118 Å². The summed E-state index contributed by atoms with van der Waals surface area (Å²) in [5, 5.41) is 4.02. The molecule has 1 aromatic carbocycles. The first-order valence-electron chi connectivity index (χ1n) is 7.19. The molecule has 4 heteroatoms. The molecule has 1 saturated heterocycles. The largest absolute Gasteiger partial charge is 0.314 e. The molecule has 1 saturated carbocycles. The maximum absolute atomic E-state index is 14.0. The van der Waals surface area contributed by atoms with Crippen molar-refractivity contribution >= 4 is 11.8 Å². The van der Waals surface area contributed by atoms with E-state index >= 15 is 0 Å². The van der Waals surface area contributed by atoms with Crippen LogP contribution in [-0.4, -0.2) is 42.9 Å². The number of hydrogen-bond acceptors (Lipinski definition) is 3. The van der Waals surface area contributed by atoms with E-state index in [9.17, 15) is 4.39 Å². The van der Waals surface area contributed by atoms with Crippen molar-refractivity contribution in [3.8, 4) is 0 Å². The fourth-order valence-corrected chi connectivity index (χ4v) is 3.43. The Morgan fingerprint density at radius 1 is 1.26 bits per heavy atom. The summed E-state index contributed by atoms with van der Waals surface area (Å²) in [6.07, 6.45) is 3.44. The highest BCUT2D eigenvalue weighted by Gasteiger charge is 2.23. The lowest BCUT2D eigenvalue weighted by molar-refractivity contribution is 0.244. The lowest BCUT2D eigenvalue weighted by Gasteiger charge is -2.27. The van der Waals surface area contributed by atoms with E-state index in [1.807, 2.05) is 6.07 Å². The van der Waals surface area contributed by atoms with Gasteiger partial charge in [0.05, 0.1) is 0 Å². The van der Waals surface area contributed by atoms with E-state index in [-0.39, 0.29) is 5.82 Å². The molecule has 2 aliphatic rings. The standard InChI is InChI=1S/C15H21FN2S/c16-14-11-12(1-4-15(14)19-13-2-3-13)5-8-18-9-6-17-7-10-18/h1,4,11,13,17H,2-3,5-10H2. The molecule has 0 radical (unpaired) electrons. The van der Waals surface area contributed by atoms with Crippen molar-refractivity contribution in [2.45, 2.75) is 29.4 Å². The van der Waals surface area contributed by atoms with Crippen molar-refractivity contribution in [3.63, 3.8) is 0 Å². The maximum atomic E-state index is 14.0. The van der Waals surface area contributed by atoms with Crippen LogP contribution in [0.25, 0.3) is 0 Å². The number of nitrogens with zero attached hydrogens (tertiary/aromatic N) is 1. The molecule has 1 aliphatic heterocycles. The van der Waals surface area contributed by atoms with Gasteiger partial charge in [0.25, 0.3) is 0 Å². The van der Waals surface area contributed by atoms with E-state index in [0.717, 1.165) is 49.6 Å². The van der Waals surface area contributed by atoms with Crippen LogP contribution in [0.3, 0.4) is 0 Å². The van der Waals surface area contributed by atoms with Crippen LogP contribution >= 0.6 is 11.8 Å². The molecule has 1 aromatic rings. The molecule has 2 fully saturated rings. The van der Waals surface area contributed by atoms with Gasteiger partial charge in [-0.15, -0.1) is 11.8 Å². The van der Waals surface area contributed by atoms with Gasteiger partial charge in [0.2, 0.25) is 0 Å². The molecule has 1 N–H and O–H groups in total. The van der Waals surface area contributed by atoms with Gasteiger partial charge in [0.1, 0.15) is 5.82 Å². The van der Waals surface area contributed by atoms with E-state index in [1.54, 1.807) is 17.8 Å². The predicted molar refractivity (Wildman–Crippen MR) is 78.3 cm³/mol. The third-order valence-corrected chi connectivity index (χ3v) is 5.13. The highest BCUT2D eigenvalue weighted by molar-refractivity contribution is 8.00. The van der Waals surface area contributed by atoms with Gasteiger partial charge < -0.3 is 10.2 Å². The van der Waals surface area contributed by atoms with Gasteiger partial charge in [0.15, 0.2) is 0 Å². The van der Waals surface area contributed by atoms with Crippen LogP contribution in [0.15, 0.2) is 23.1 Å². The Balaban J connectivity index is 1.53. The molecule has 104 valence electrons. The highest BCUT2D eigenvalue weighted by Crippen LogP contribution is 2.40. The SMILES string of the molecule is Fc1cc(CCN2CCNCC2)ccc1SC1CC1. The van der Waals surface area contributed by atoms with E-state index in [1.165, 1.54) is 12.8 Å². The molecule has 0 bridgehead atoms. The van der Waals surface area contributed by atoms with Gasteiger partial charge in [-0.05, 0) is 37.0 Å². The van der Waals surface area contributed by atoms with Gasteiger partial charge in [0, 0.05) is 42.9 Å². The molecule has 0 atom stereocenters. The quantitative estimate of drug-likeness (QED) is 0.892. The number of thioether (sulfide) groups is 1. The van der Waals surface area contributed by atoms with Gasteiger partial charge in [-0.25, -0.2) is 4.39 Å². The average Bonchev–Trinajstić information content (AvgIpc) is 3.24. The fraction of sp³-hybridized carbons (Fsp3) is 0.600. The van der Waals surface area contributed by atoms with Gasteiger partial charge in [-0.1, -0.05) is 6.07 Å². The minimum atomic E-state index is -0.0327. The zero-order valence-corrected chi connectivity index (χ0v) is 12.0. The van der Waals surface area contributed by atoms with Crippen molar-refractivity contribution in [2.24, 2.45) is 0 Å². The molecule has 3 rings (SSSR count). The average molecular weight is 280 g/mol. The Hall–Kier alpha value is -0.580. The van der Waals surface area contributed by atoms with Crippen molar-refractivity contribution in [1.29, 1.82) is 0 Å². The first kappa shape index (κ1) is 13.4. The predicted octanol–water partition coefficient (Wildman–Crippen LogP) is 2.53. The van der Waals surface area contributed by atoms with Crippen LogP contribution in [0, 0.1) is 5.82 Å². The van der Waals surface area contributed by atoms with Crippen LogP contribution < -0.4 is 5.32 Å². The summed E-state index contributed by atoms with van der Waals surface area (Å²) in [4.78, 5) is 3.27. The zero-order chi connectivity index (χ0) is 13.1. The lowest BCUT2D eigenvalue weighted by Crippen LogP contribution is -2.44. The van der Waals surface area contributed by atoms with Gasteiger partial charge in [-0.2, -0.15) is 0 Å². The second-order valence-corrected chi connectivity index (χ2v) is 6.77. The van der Waals surface area contributed by atoms with Gasteiger partial charge >= 0.3 is 0 Å². The second-order valence-electron chi connectivity index (χ2n) is 5.42. The molecule has 0 amide bonds. The molecule has 1 heterocycles. The third-order valence-electron chi connectivity index (χ3n) is 3.74. The Morgan fingerprint density at radius 3 is 2.74 bits per heavy atom. The van der Waals surface area contributed by atoms with Crippen LogP contribution in [0.5, 0.6) is 0 Å². The summed E-state index contributed by atoms with van der Waals surface area (Å²) in [6, 6.07) is 5.79. The maximum Gasteiger partial charge on any atom is 0.137 e. The highest BCUT2D eigenvalue weighted by atomic mass is 32.2. The summed E-state index contributed by atoms with van der Waals surface area (Å²) in [5.74, 6) is -0.0327. The molecule has 2 nitrogen and oxygen atoms in total. The molecular weight excluding hydrogens is 259 g/mol. The van der Waals surface area contributed by atoms with Crippen molar-refractivity contribution < 1.29 is 4.39 Å². The smallest absolute Gasteiger partial charge is 0.137 e. The van der Waals surface area contributed by atoms with Crippen molar-refractivity contribution in [3.05, 3.63) is 29.6 Å². The number of rotatable bonds is 5. The summed E-state index contributed by atoms with van der Waals surface area (Å²) in [7, 11) is 0. The van der Waals surface area contributed by atoms with Crippen molar-refractivity contribution in [1.82, 2.24) is 10.2 Å². The fourth-order valence-electron chi connectivity index (χ4n) is 2.38. The van der Waals surface area contributed by atoms with Crippen LogP contribution in [0.2, 0.25) is 0 Å². The van der Waals surface area contributed by atoms with E-state index < -0.39 is 0 Å². The Bertz CT molecular complexity index is 428. The number of halogens is 1. The molecule has 0 aromatic heterocycles. The molecule has 0 spiro atoms. The normalized spacial score (nSPS) is 20.7. The van der Waals surface area contributed by atoms with Crippen LogP contribution in [-0.2, 0) is 6.42 Å². The number of nitrogens with one attached hydrogen (secondary N) is 1. The summed E-state index contributed by atoms with van der Waals surface area (Å²) in [5.41, 5.74) is 1.12. The van der Waals surface area contributed by atoms with Crippen molar-refractivity contribution in [2.75, 3.05) is 32.7 Å². The number of benzene rings is 1. The van der Waals surface area contributed by atoms with Crippen LogP contribution in [0.4, 0.5) is 4.39 Å². The summed E-state index contributed by atoms with van der Waals surface area (Å²) >= 11 is 1.70. The van der Waals surface area contributed by atoms with E-state index in [2.05, 4.69) is 16.3 Å². The zero-order valence-electron chi connectivity index (χ0n) is 11.2. The summed E-state index contributed by atoms with van der Waals surface area (Å²) in [6.45, 7) is 5.41. The van der Waals surface area contributed by atoms with Crippen LogP contribution in [0.1, 0.15) is 18.4 Å². The number of piperazine rings is 1. The first-order valence-corrected chi connectivity index (χ1v) is 8.07. The Morgan fingerprint density at radius 2 is 2.05 bits per heavy atom. The molecular formula is C15H21FN2S. The minimum Gasteiger partial charge on any atom is -0.314 e. The number of hydrogen-bond donors (Lipinski definition) is 1.